The Labute approximate surface area is 83.8 Å². The van der Waals surface area contributed by atoms with Crippen molar-refractivity contribution in [1.82, 2.24) is 5.32 Å². The average molecular weight is 193 g/mol. The van der Waals surface area contributed by atoms with Crippen molar-refractivity contribution in [2.45, 2.75) is 18.9 Å². The van der Waals surface area contributed by atoms with Gasteiger partial charge in [0.1, 0.15) is 12.0 Å². The SMILES string of the molecule is CN[C@H](C=O)CCc1ccc(O)cc1. The van der Waals surface area contributed by atoms with E-state index in [0.29, 0.717) is 0 Å². The summed E-state index contributed by atoms with van der Waals surface area (Å²) in [5, 5.41) is 12.0. The van der Waals surface area contributed by atoms with Gasteiger partial charge in [0, 0.05) is 0 Å². The lowest BCUT2D eigenvalue weighted by atomic mass is 10.1. The standard InChI is InChI=1S/C11H15NO2/c1-12-10(8-13)5-2-9-3-6-11(14)7-4-9/h3-4,6-8,10,12,14H,2,5H2,1H3/t10-/m0/s1. The molecule has 1 aromatic carbocycles. The molecule has 0 unspecified atom stereocenters. The van der Waals surface area contributed by atoms with Crippen molar-refractivity contribution in [3.8, 4) is 5.75 Å². The molecule has 0 saturated carbocycles. The molecule has 1 rings (SSSR count). The Morgan fingerprint density at radius 1 is 1.43 bits per heavy atom. The van der Waals surface area contributed by atoms with Gasteiger partial charge in [-0.15, -0.1) is 0 Å². The summed E-state index contributed by atoms with van der Waals surface area (Å²) in [6.45, 7) is 0. The normalized spacial score (nSPS) is 12.4. The van der Waals surface area contributed by atoms with Gasteiger partial charge in [0.25, 0.3) is 0 Å². The maximum atomic E-state index is 10.5. The smallest absolute Gasteiger partial charge is 0.136 e. The Kier molecular flexibility index (Phi) is 4.13. The molecule has 0 fully saturated rings. The topological polar surface area (TPSA) is 49.3 Å². The molecule has 0 amide bonds. The number of rotatable bonds is 5. The van der Waals surface area contributed by atoms with Crippen molar-refractivity contribution in [2.75, 3.05) is 7.05 Å². The van der Waals surface area contributed by atoms with Crippen molar-refractivity contribution in [2.24, 2.45) is 0 Å². The quantitative estimate of drug-likeness (QED) is 0.689. The number of hydrogen-bond donors (Lipinski definition) is 2. The van der Waals surface area contributed by atoms with Crippen LogP contribution in [0.15, 0.2) is 24.3 Å². The number of carbonyl (C=O) groups is 1. The van der Waals surface area contributed by atoms with E-state index in [1.807, 2.05) is 12.1 Å². The van der Waals surface area contributed by atoms with Crippen LogP contribution in [-0.2, 0) is 11.2 Å². The summed E-state index contributed by atoms with van der Waals surface area (Å²) >= 11 is 0. The van der Waals surface area contributed by atoms with E-state index >= 15 is 0 Å². The van der Waals surface area contributed by atoms with Gasteiger partial charge in [0.05, 0.1) is 6.04 Å². The molecule has 0 heterocycles. The summed E-state index contributed by atoms with van der Waals surface area (Å²) in [5.41, 5.74) is 1.13. The fourth-order valence-electron chi connectivity index (χ4n) is 1.27. The number of aromatic hydroxyl groups is 1. The van der Waals surface area contributed by atoms with Gasteiger partial charge in [-0.2, -0.15) is 0 Å². The number of carbonyl (C=O) groups excluding carboxylic acids is 1. The number of nitrogens with one attached hydrogen (secondary N) is 1. The molecule has 0 aromatic heterocycles. The van der Waals surface area contributed by atoms with E-state index < -0.39 is 0 Å². The van der Waals surface area contributed by atoms with Gasteiger partial charge in [-0.05, 0) is 37.6 Å². The Morgan fingerprint density at radius 2 is 2.07 bits per heavy atom. The van der Waals surface area contributed by atoms with Crippen LogP contribution >= 0.6 is 0 Å². The third-order valence-corrected chi connectivity index (χ3v) is 2.22. The van der Waals surface area contributed by atoms with Crippen LogP contribution in [0, 0.1) is 0 Å². The molecule has 1 atom stereocenters. The Morgan fingerprint density at radius 3 is 2.57 bits per heavy atom. The Balaban J connectivity index is 2.45. The fraction of sp³-hybridized carbons (Fsp3) is 0.364. The van der Waals surface area contributed by atoms with E-state index in [9.17, 15) is 4.79 Å². The number of aryl methyl sites for hydroxylation is 1. The molecule has 14 heavy (non-hydrogen) atoms. The summed E-state index contributed by atoms with van der Waals surface area (Å²) in [7, 11) is 1.77. The van der Waals surface area contributed by atoms with Crippen LogP contribution in [-0.4, -0.2) is 24.5 Å². The zero-order valence-corrected chi connectivity index (χ0v) is 8.23. The predicted octanol–water partition coefficient (Wildman–Crippen LogP) is 1.11. The Bertz CT molecular complexity index is 282. The van der Waals surface area contributed by atoms with Crippen molar-refractivity contribution >= 4 is 6.29 Å². The minimum Gasteiger partial charge on any atom is -0.508 e. The highest BCUT2D eigenvalue weighted by Gasteiger charge is 2.03. The fourth-order valence-corrected chi connectivity index (χ4v) is 1.27. The third-order valence-electron chi connectivity index (χ3n) is 2.22. The van der Waals surface area contributed by atoms with E-state index in [2.05, 4.69) is 5.32 Å². The van der Waals surface area contributed by atoms with E-state index in [1.54, 1.807) is 19.2 Å². The molecular formula is C11H15NO2. The van der Waals surface area contributed by atoms with Crippen molar-refractivity contribution in [3.05, 3.63) is 29.8 Å². The second kappa shape index (κ2) is 5.40. The van der Waals surface area contributed by atoms with Gasteiger partial charge in [-0.25, -0.2) is 0 Å². The summed E-state index contributed by atoms with van der Waals surface area (Å²) in [5.74, 6) is 0.273. The van der Waals surface area contributed by atoms with E-state index in [0.717, 1.165) is 24.7 Å². The van der Waals surface area contributed by atoms with Crippen LogP contribution < -0.4 is 5.32 Å². The van der Waals surface area contributed by atoms with Crippen LogP contribution in [0.2, 0.25) is 0 Å². The number of hydrogen-bond acceptors (Lipinski definition) is 3. The van der Waals surface area contributed by atoms with Gasteiger partial charge in [0.2, 0.25) is 0 Å². The minimum absolute atomic E-state index is 0.0798. The van der Waals surface area contributed by atoms with Gasteiger partial charge < -0.3 is 15.2 Å². The average Bonchev–Trinajstić information content (AvgIpc) is 2.22. The number of aldehydes is 1. The molecule has 0 saturated heterocycles. The van der Waals surface area contributed by atoms with Crippen molar-refractivity contribution < 1.29 is 9.90 Å². The van der Waals surface area contributed by atoms with Gasteiger partial charge >= 0.3 is 0 Å². The van der Waals surface area contributed by atoms with Gasteiger partial charge in [-0.1, -0.05) is 12.1 Å². The first kappa shape index (κ1) is 10.7. The molecule has 0 aliphatic carbocycles. The molecule has 0 radical (unpaired) electrons. The molecular weight excluding hydrogens is 178 g/mol. The van der Waals surface area contributed by atoms with Crippen LogP contribution in [0.25, 0.3) is 0 Å². The summed E-state index contributed by atoms with van der Waals surface area (Å²) in [4.78, 5) is 10.5. The lowest BCUT2D eigenvalue weighted by Crippen LogP contribution is -2.26. The van der Waals surface area contributed by atoms with E-state index in [-0.39, 0.29) is 11.8 Å². The Hall–Kier alpha value is -1.35. The highest BCUT2D eigenvalue weighted by atomic mass is 16.3. The number of benzene rings is 1. The largest absolute Gasteiger partial charge is 0.508 e. The van der Waals surface area contributed by atoms with Crippen LogP contribution in [0.1, 0.15) is 12.0 Å². The lowest BCUT2D eigenvalue weighted by molar-refractivity contribution is -0.109. The van der Waals surface area contributed by atoms with E-state index in [1.165, 1.54) is 0 Å². The van der Waals surface area contributed by atoms with Crippen LogP contribution in [0.4, 0.5) is 0 Å². The number of phenolic OH excluding ortho intramolecular Hbond substituents is 1. The van der Waals surface area contributed by atoms with Crippen LogP contribution in [0.5, 0.6) is 5.75 Å². The molecule has 76 valence electrons. The van der Waals surface area contributed by atoms with Crippen molar-refractivity contribution in [3.63, 3.8) is 0 Å². The predicted molar refractivity (Wildman–Crippen MR) is 55.3 cm³/mol. The van der Waals surface area contributed by atoms with Crippen LogP contribution in [0.3, 0.4) is 0 Å². The molecule has 0 aliphatic rings. The molecule has 3 nitrogen and oxygen atoms in total. The first-order chi connectivity index (χ1) is 6.76. The van der Waals surface area contributed by atoms with Gasteiger partial charge in [0.15, 0.2) is 0 Å². The minimum atomic E-state index is -0.0798. The monoisotopic (exact) mass is 193 g/mol. The molecule has 0 spiro atoms. The molecule has 2 N–H and O–H groups in total. The first-order valence-corrected chi connectivity index (χ1v) is 4.66. The third kappa shape index (κ3) is 3.18. The maximum absolute atomic E-state index is 10.5. The lowest BCUT2D eigenvalue weighted by Gasteiger charge is -2.08. The zero-order chi connectivity index (χ0) is 10.4. The van der Waals surface area contributed by atoms with E-state index in [4.69, 9.17) is 5.11 Å². The molecule has 0 bridgehead atoms. The summed E-state index contributed by atoms with van der Waals surface area (Å²) in [6.07, 6.45) is 2.54. The second-order valence-corrected chi connectivity index (χ2v) is 3.24. The first-order valence-electron chi connectivity index (χ1n) is 4.66. The summed E-state index contributed by atoms with van der Waals surface area (Å²) in [6, 6.07) is 6.97. The molecule has 3 heteroatoms. The summed E-state index contributed by atoms with van der Waals surface area (Å²) < 4.78 is 0. The number of phenols is 1. The van der Waals surface area contributed by atoms with Gasteiger partial charge in [-0.3, -0.25) is 0 Å². The molecule has 1 aromatic rings. The molecule has 0 aliphatic heterocycles. The van der Waals surface area contributed by atoms with Crippen molar-refractivity contribution in [1.29, 1.82) is 0 Å². The highest BCUT2D eigenvalue weighted by Crippen LogP contribution is 2.11. The highest BCUT2D eigenvalue weighted by molar-refractivity contribution is 5.57. The number of likely N-dealkylation sites (N-methyl/N-ethyl adjacent to an activating group) is 1. The second-order valence-electron chi connectivity index (χ2n) is 3.24. The zero-order valence-electron chi connectivity index (χ0n) is 8.23. The maximum Gasteiger partial charge on any atom is 0.136 e.